The topological polar surface area (TPSA) is 113 Å². The minimum Gasteiger partial charge on any atom is -0.481 e. The van der Waals surface area contributed by atoms with E-state index in [4.69, 9.17) is 11.6 Å². The Morgan fingerprint density at radius 2 is 1.73 bits per heavy atom. The maximum Gasteiger partial charge on any atom is 0.332 e. The Balaban J connectivity index is 1.49. The number of benzene rings is 3. The molecule has 8 nitrogen and oxygen atoms in total. The molecule has 2 fully saturated rings. The number of aliphatic carboxylic acids is 1. The summed E-state index contributed by atoms with van der Waals surface area (Å²) in [5.41, 5.74) is 2.23. The van der Waals surface area contributed by atoms with Gasteiger partial charge < -0.3 is 15.7 Å². The Morgan fingerprint density at radius 3 is 2.40 bits per heavy atom. The summed E-state index contributed by atoms with van der Waals surface area (Å²) in [7, 11) is -4.16. The molecular weight excluding hydrogens is 617 g/mol. The van der Waals surface area contributed by atoms with E-state index in [0.29, 0.717) is 55.0 Å². The largest absolute Gasteiger partial charge is 0.481 e. The smallest absolute Gasteiger partial charge is 0.332 e. The van der Waals surface area contributed by atoms with E-state index < -0.39 is 27.2 Å². The second-order valence-electron chi connectivity index (χ2n) is 12.5. The van der Waals surface area contributed by atoms with Crippen LogP contribution in [0.15, 0.2) is 71.6 Å². The third kappa shape index (κ3) is 5.67. The molecule has 1 aliphatic carbocycles. The van der Waals surface area contributed by atoms with Crippen molar-refractivity contribution in [1.82, 2.24) is 14.5 Å². The van der Waals surface area contributed by atoms with Crippen LogP contribution in [0, 0.1) is 11.7 Å². The first-order valence-electron chi connectivity index (χ1n) is 15.6. The van der Waals surface area contributed by atoms with Gasteiger partial charge in [-0.2, -0.15) is 12.3 Å². The fourth-order valence-electron chi connectivity index (χ4n) is 7.75. The molecule has 2 heterocycles. The SMILES string of the molecule is O=C(O)CCCC[N+]1(S(=O)(=O)c2ccc(F)cc2)c2ccc(C(=O)NCc3ccccc3Cl)cc2C2(CCNCC2)C1C1CC1. The molecule has 6 rings (SSSR count). The van der Waals surface area contributed by atoms with Gasteiger partial charge in [0, 0.05) is 41.1 Å². The van der Waals surface area contributed by atoms with E-state index in [-0.39, 0.29) is 46.2 Å². The molecule has 11 heteroatoms. The van der Waals surface area contributed by atoms with Crippen LogP contribution >= 0.6 is 11.6 Å². The number of piperidine rings is 1. The zero-order valence-corrected chi connectivity index (χ0v) is 26.5. The number of nitrogens with one attached hydrogen (secondary N) is 2. The highest BCUT2D eigenvalue weighted by atomic mass is 35.5. The number of fused-ring (bicyclic) bond motifs is 2. The quantitative estimate of drug-likeness (QED) is 0.179. The third-order valence-corrected chi connectivity index (χ3v) is 12.6. The average molecular weight is 655 g/mol. The maximum atomic E-state index is 15.1. The van der Waals surface area contributed by atoms with Crippen molar-refractivity contribution in [3.63, 3.8) is 0 Å². The van der Waals surface area contributed by atoms with Gasteiger partial charge in [0.2, 0.25) is 0 Å². The van der Waals surface area contributed by atoms with E-state index in [1.54, 1.807) is 18.2 Å². The fraction of sp³-hybridized carbons (Fsp3) is 0.412. The zero-order valence-electron chi connectivity index (χ0n) is 25.0. The summed E-state index contributed by atoms with van der Waals surface area (Å²) in [5.74, 6) is -1.59. The predicted octanol–water partition coefficient (Wildman–Crippen LogP) is 5.77. The third-order valence-electron chi connectivity index (χ3n) is 9.85. The Hall–Kier alpha value is -3.31. The summed E-state index contributed by atoms with van der Waals surface area (Å²) in [6.07, 6.45) is 3.86. The Morgan fingerprint density at radius 1 is 1.02 bits per heavy atom. The van der Waals surface area contributed by atoms with E-state index in [9.17, 15) is 19.1 Å². The lowest BCUT2D eigenvalue weighted by atomic mass is 9.68. The average Bonchev–Trinajstić information content (AvgIpc) is 3.84. The number of amides is 1. The molecule has 3 aliphatic rings. The summed E-state index contributed by atoms with van der Waals surface area (Å²) in [6.45, 7) is 1.86. The van der Waals surface area contributed by atoms with Crippen molar-refractivity contribution in [3.8, 4) is 0 Å². The van der Waals surface area contributed by atoms with Gasteiger partial charge in [-0.1, -0.05) is 29.8 Å². The molecule has 1 amide bonds. The molecule has 1 saturated carbocycles. The zero-order chi connectivity index (χ0) is 31.8. The van der Waals surface area contributed by atoms with E-state index in [1.807, 2.05) is 24.3 Å². The minimum atomic E-state index is -4.16. The molecule has 0 aromatic heterocycles. The molecule has 2 aliphatic heterocycles. The summed E-state index contributed by atoms with van der Waals surface area (Å²) in [4.78, 5) is 25.0. The Kier molecular flexibility index (Phi) is 8.78. The van der Waals surface area contributed by atoms with Crippen LogP contribution in [0.2, 0.25) is 5.02 Å². The van der Waals surface area contributed by atoms with Crippen LogP contribution in [0.4, 0.5) is 10.1 Å². The van der Waals surface area contributed by atoms with Gasteiger partial charge in [-0.25, -0.2) is 4.39 Å². The van der Waals surface area contributed by atoms with Gasteiger partial charge in [0.05, 0.1) is 12.0 Å². The standard InChI is InChI=1S/C34H37ClFN3O5S/c35-29-6-2-1-5-25(29)22-38-33(42)24-10-15-30-28(21-24)34(16-18-37-19-17-34)32(23-8-9-23)39(30,20-4-3-7-31(40)41)45(43,44)27-13-11-26(36)12-14-27/h1-2,5-6,10-15,21,23,32,37H,3-4,7-9,16-20,22H2,(H-,38,40,41,42)/p+1. The van der Waals surface area contributed by atoms with Crippen molar-refractivity contribution in [2.75, 3.05) is 19.6 Å². The molecule has 0 bridgehead atoms. The highest BCUT2D eigenvalue weighted by Crippen LogP contribution is 2.62. The molecule has 3 aromatic carbocycles. The molecule has 3 aromatic rings. The van der Waals surface area contributed by atoms with E-state index in [0.717, 1.165) is 24.0 Å². The number of sulfonamides is 1. The van der Waals surface area contributed by atoms with Crippen LogP contribution in [0.1, 0.15) is 66.4 Å². The van der Waals surface area contributed by atoms with Gasteiger partial charge in [-0.15, -0.1) is 0 Å². The Labute approximate surface area is 268 Å². The first kappa shape index (κ1) is 31.7. The molecule has 3 N–H and O–H groups in total. The van der Waals surface area contributed by atoms with Crippen LogP contribution in [-0.2, 0) is 26.8 Å². The number of unbranched alkanes of at least 4 members (excludes halogenated alkanes) is 1. The van der Waals surface area contributed by atoms with Crippen LogP contribution < -0.4 is 14.5 Å². The van der Waals surface area contributed by atoms with Gasteiger partial charge in [0.1, 0.15) is 16.8 Å². The van der Waals surface area contributed by atoms with Crippen LogP contribution in [0.5, 0.6) is 0 Å². The number of carbonyl (C=O) groups is 2. The van der Waals surface area contributed by atoms with Crippen molar-refractivity contribution >= 4 is 39.2 Å². The van der Waals surface area contributed by atoms with Gasteiger partial charge in [0.15, 0.2) is 5.69 Å². The van der Waals surface area contributed by atoms with Gasteiger partial charge >= 0.3 is 16.0 Å². The van der Waals surface area contributed by atoms with Crippen molar-refractivity contribution in [1.29, 1.82) is 0 Å². The van der Waals surface area contributed by atoms with Crippen molar-refractivity contribution in [2.24, 2.45) is 5.92 Å². The molecule has 2 unspecified atom stereocenters. The molecule has 2 atom stereocenters. The first-order chi connectivity index (χ1) is 21.6. The molecule has 1 saturated heterocycles. The van der Waals surface area contributed by atoms with Crippen LogP contribution in [-0.4, -0.2) is 51.1 Å². The van der Waals surface area contributed by atoms with Crippen molar-refractivity contribution < 1.29 is 27.5 Å². The second-order valence-corrected chi connectivity index (χ2v) is 15.0. The number of carboxylic acid groups (broad SMARTS) is 1. The highest BCUT2D eigenvalue weighted by Gasteiger charge is 2.70. The molecular formula is C34H38ClFN3O5S+. The summed E-state index contributed by atoms with van der Waals surface area (Å²) >= 11 is 6.31. The number of quaternary nitrogens is 1. The minimum absolute atomic E-state index is 0.0336. The number of carbonyl (C=O) groups excluding carboxylic acids is 1. The molecule has 1 spiro atoms. The lowest BCUT2D eigenvalue weighted by Gasteiger charge is -2.45. The number of hydrogen-bond donors (Lipinski definition) is 3. The second kappa shape index (κ2) is 12.5. The molecule has 0 radical (unpaired) electrons. The number of carboxylic acids is 1. The van der Waals surface area contributed by atoms with E-state index >= 15 is 8.42 Å². The molecule has 238 valence electrons. The number of nitrogens with zero attached hydrogens (tertiary/aromatic N) is 1. The first-order valence-corrected chi connectivity index (χ1v) is 17.4. The normalized spacial score (nSPS) is 22.2. The fourth-order valence-corrected chi connectivity index (χ4v) is 10.3. The van der Waals surface area contributed by atoms with Crippen molar-refractivity contribution in [3.05, 3.63) is 94.3 Å². The number of halogens is 2. The van der Waals surface area contributed by atoms with E-state index in [1.165, 1.54) is 24.3 Å². The summed E-state index contributed by atoms with van der Waals surface area (Å²) in [5, 5.41) is 16.3. The number of rotatable bonds is 11. The highest BCUT2D eigenvalue weighted by molar-refractivity contribution is 7.91. The maximum absolute atomic E-state index is 15.1. The summed E-state index contributed by atoms with van der Waals surface area (Å²) < 4.78 is 43.8. The van der Waals surface area contributed by atoms with Gasteiger partial charge in [0.25, 0.3) is 5.91 Å². The van der Waals surface area contributed by atoms with E-state index in [2.05, 4.69) is 10.6 Å². The Bertz CT molecular complexity index is 1710. The number of hydrogen-bond acceptors (Lipinski definition) is 5. The lowest BCUT2D eigenvalue weighted by molar-refractivity contribution is -0.137. The van der Waals surface area contributed by atoms with Gasteiger partial charge in [-0.3, -0.25) is 9.59 Å². The van der Waals surface area contributed by atoms with Crippen LogP contribution in [0.3, 0.4) is 0 Å². The van der Waals surface area contributed by atoms with Crippen LogP contribution in [0.25, 0.3) is 0 Å². The monoisotopic (exact) mass is 654 g/mol. The van der Waals surface area contributed by atoms with Crippen molar-refractivity contribution in [2.45, 2.75) is 67.8 Å². The lowest BCUT2D eigenvalue weighted by Crippen LogP contribution is -2.65. The molecule has 45 heavy (non-hydrogen) atoms. The summed E-state index contributed by atoms with van der Waals surface area (Å²) in [6, 6.07) is 17.4. The predicted molar refractivity (Wildman–Crippen MR) is 171 cm³/mol. The van der Waals surface area contributed by atoms with Gasteiger partial charge in [-0.05, 0) is 99.6 Å².